The van der Waals surface area contributed by atoms with E-state index in [1.54, 1.807) is 0 Å². The Morgan fingerprint density at radius 3 is 1.88 bits per heavy atom. The summed E-state index contributed by atoms with van der Waals surface area (Å²) in [5, 5.41) is 24.9. The molecule has 4 unspecified atom stereocenters. The van der Waals surface area contributed by atoms with E-state index in [1.807, 2.05) is 24.3 Å². The first kappa shape index (κ1) is 40.4. The van der Waals surface area contributed by atoms with E-state index >= 15 is 0 Å². The van der Waals surface area contributed by atoms with Crippen molar-refractivity contribution in [3.63, 3.8) is 0 Å². The summed E-state index contributed by atoms with van der Waals surface area (Å²) in [6, 6.07) is 15.5. The molecule has 3 aromatic rings. The van der Waals surface area contributed by atoms with E-state index in [4.69, 9.17) is 9.98 Å². The molecule has 0 spiro atoms. The predicted molar refractivity (Wildman–Crippen MR) is 239 cm³/mol. The Labute approximate surface area is 341 Å². The zero-order valence-electron chi connectivity index (χ0n) is 35.4. The summed E-state index contributed by atoms with van der Waals surface area (Å²) in [4.78, 5) is 15.5. The van der Waals surface area contributed by atoms with Crippen LogP contribution in [-0.2, 0) is 6.42 Å². The quantitative estimate of drug-likeness (QED) is 0.132. The van der Waals surface area contributed by atoms with E-state index in [-0.39, 0.29) is 35.4 Å². The number of unbranched alkanes of at least 4 members (excludes halogenated alkanes) is 4. The normalized spacial score (nSPS) is 22.6. The van der Waals surface area contributed by atoms with Gasteiger partial charge in [0, 0.05) is 23.0 Å². The minimum atomic E-state index is -0.119. The number of aromatic nitrogens is 1. The fraction of sp³-hybridized carbons (Fsp3) is 0.451. The lowest BCUT2D eigenvalue weighted by molar-refractivity contribution is 0.474. The van der Waals surface area contributed by atoms with Crippen LogP contribution in [0, 0.1) is 6.92 Å². The van der Waals surface area contributed by atoms with Crippen molar-refractivity contribution in [2.24, 2.45) is 9.98 Å². The van der Waals surface area contributed by atoms with E-state index in [0.29, 0.717) is 0 Å². The maximum absolute atomic E-state index is 10.4. The first-order valence-electron chi connectivity index (χ1n) is 21.9. The molecule has 0 saturated carbocycles. The molecule has 7 rings (SSSR count). The summed E-state index contributed by atoms with van der Waals surface area (Å²) in [6.07, 6.45) is 20.0. The predicted octanol–water partition coefficient (Wildman–Crippen LogP) is 12.6. The van der Waals surface area contributed by atoms with Gasteiger partial charge in [-0.15, -0.1) is 0 Å². The highest BCUT2D eigenvalue weighted by atomic mass is 16.3. The minimum absolute atomic E-state index is 0.00232. The molecule has 5 heterocycles. The van der Waals surface area contributed by atoms with Crippen molar-refractivity contribution in [1.29, 1.82) is 0 Å². The molecule has 4 atom stereocenters. The van der Waals surface area contributed by atoms with Gasteiger partial charge in [0.05, 0.1) is 35.1 Å². The van der Waals surface area contributed by atoms with Crippen LogP contribution in [0.25, 0.3) is 6.08 Å². The number of nitrogens with one attached hydrogen (secondary N) is 2. The minimum Gasteiger partial charge on any atom is -0.508 e. The molecule has 0 aliphatic carbocycles. The number of phenols is 2. The number of aromatic hydroxyl groups is 2. The molecular formula is C51H64N4O2. The molecule has 4 aliphatic heterocycles. The van der Waals surface area contributed by atoms with Gasteiger partial charge in [0.15, 0.2) is 0 Å². The number of allylic oxidation sites excluding steroid dienone is 5. The highest BCUT2D eigenvalue weighted by Gasteiger charge is 2.39. The topological polar surface area (TPSA) is 93.0 Å². The van der Waals surface area contributed by atoms with Crippen LogP contribution in [0.4, 0.5) is 0 Å². The Kier molecular flexibility index (Phi) is 12.6. The Hall–Kier alpha value is -4.84. The Morgan fingerprint density at radius 2 is 1.25 bits per heavy atom. The van der Waals surface area contributed by atoms with Crippen LogP contribution in [0.5, 0.6) is 11.5 Å². The molecule has 8 bridgehead atoms. The zero-order valence-corrected chi connectivity index (χ0v) is 35.4. The van der Waals surface area contributed by atoms with Gasteiger partial charge in [-0.25, -0.2) is 0 Å². The van der Waals surface area contributed by atoms with Crippen LogP contribution < -0.4 is 5.32 Å². The monoisotopic (exact) mass is 765 g/mol. The van der Waals surface area contributed by atoms with Crippen molar-refractivity contribution in [2.45, 2.75) is 149 Å². The zero-order chi connectivity index (χ0) is 40.2. The second kappa shape index (κ2) is 17.7. The smallest absolute Gasteiger partial charge is 0.115 e. The molecular weight excluding hydrogens is 701 g/mol. The Morgan fingerprint density at radius 1 is 0.667 bits per heavy atom. The fourth-order valence-electron chi connectivity index (χ4n) is 9.54. The summed E-state index contributed by atoms with van der Waals surface area (Å²) in [5.41, 5.74) is 18.3. The summed E-state index contributed by atoms with van der Waals surface area (Å²) < 4.78 is 0. The van der Waals surface area contributed by atoms with Gasteiger partial charge in [0.25, 0.3) is 0 Å². The van der Waals surface area contributed by atoms with Gasteiger partial charge < -0.3 is 20.5 Å². The van der Waals surface area contributed by atoms with Crippen molar-refractivity contribution in [1.82, 2.24) is 10.3 Å². The van der Waals surface area contributed by atoms with E-state index < -0.39 is 0 Å². The van der Waals surface area contributed by atoms with Crippen molar-refractivity contribution in [2.75, 3.05) is 0 Å². The van der Waals surface area contributed by atoms with Crippen molar-refractivity contribution >= 4 is 17.5 Å². The molecule has 0 amide bonds. The third-order valence-corrected chi connectivity index (χ3v) is 12.9. The summed E-state index contributed by atoms with van der Waals surface area (Å²) in [6.45, 7) is 16.0. The second-order valence-corrected chi connectivity index (χ2v) is 16.8. The summed E-state index contributed by atoms with van der Waals surface area (Å²) >= 11 is 0. The van der Waals surface area contributed by atoms with Gasteiger partial charge in [-0.3, -0.25) is 9.98 Å². The maximum atomic E-state index is 10.4. The van der Waals surface area contributed by atoms with Crippen LogP contribution in [0.2, 0.25) is 0 Å². The number of hydrogen-bond acceptors (Lipinski definition) is 5. The average Bonchev–Trinajstić information content (AvgIpc) is 3.92. The molecule has 4 aliphatic rings. The summed E-state index contributed by atoms with van der Waals surface area (Å²) in [5.74, 6) is 0.431. The van der Waals surface area contributed by atoms with Crippen LogP contribution >= 0.6 is 0 Å². The maximum Gasteiger partial charge on any atom is 0.115 e. The number of H-pyrrole nitrogens is 1. The molecule has 2 aromatic carbocycles. The average molecular weight is 765 g/mol. The SMILES string of the molecule is CCCCC1=CC2NC1=CC1=NC(C(C)=C1CCCC)C(c1ccc(O)cc1)C1=N/C(=C\c3[nH]c(c(C)c3CCCC)C2c2ccc(O)cc2)C(CCCC)=C1C. The largest absolute Gasteiger partial charge is 0.508 e. The number of nitrogens with zero attached hydrogens (tertiary/aromatic N) is 2. The number of aromatic amines is 1. The number of aliphatic imine (C=N–C) groups is 2. The van der Waals surface area contributed by atoms with Crippen molar-refractivity contribution < 1.29 is 10.2 Å². The molecule has 0 saturated heterocycles. The van der Waals surface area contributed by atoms with Gasteiger partial charge in [-0.05, 0) is 159 Å². The van der Waals surface area contributed by atoms with E-state index in [1.165, 1.54) is 55.9 Å². The Bertz CT molecular complexity index is 2170. The molecule has 4 N–H and O–H groups in total. The van der Waals surface area contributed by atoms with Crippen LogP contribution in [0.15, 0.2) is 110 Å². The van der Waals surface area contributed by atoms with Crippen LogP contribution in [0.3, 0.4) is 0 Å². The first-order valence-corrected chi connectivity index (χ1v) is 21.9. The Balaban J connectivity index is 1.54. The van der Waals surface area contributed by atoms with Crippen molar-refractivity contribution in [3.8, 4) is 11.5 Å². The second-order valence-electron chi connectivity index (χ2n) is 16.8. The number of phenolic OH excluding ortho intramolecular Hbond substituents is 2. The van der Waals surface area contributed by atoms with Gasteiger partial charge in [0.1, 0.15) is 11.5 Å². The third-order valence-electron chi connectivity index (χ3n) is 12.9. The number of benzene rings is 2. The summed E-state index contributed by atoms with van der Waals surface area (Å²) in [7, 11) is 0. The van der Waals surface area contributed by atoms with E-state index in [2.05, 4.69) is 101 Å². The van der Waals surface area contributed by atoms with E-state index in [9.17, 15) is 10.2 Å². The highest BCUT2D eigenvalue weighted by molar-refractivity contribution is 6.14. The molecule has 6 nitrogen and oxygen atoms in total. The molecule has 57 heavy (non-hydrogen) atoms. The van der Waals surface area contributed by atoms with E-state index in [0.717, 1.165) is 105 Å². The number of hydrogen-bond donors (Lipinski definition) is 4. The highest BCUT2D eigenvalue weighted by Crippen LogP contribution is 2.45. The van der Waals surface area contributed by atoms with Crippen molar-refractivity contribution in [3.05, 3.63) is 134 Å². The van der Waals surface area contributed by atoms with Gasteiger partial charge in [-0.2, -0.15) is 0 Å². The lowest BCUT2D eigenvalue weighted by atomic mass is 9.80. The fourth-order valence-corrected chi connectivity index (χ4v) is 9.54. The van der Waals surface area contributed by atoms with Gasteiger partial charge in [0.2, 0.25) is 0 Å². The number of fused-ring (bicyclic) bond motifs is 6. The molecule has 6 heteroatoms. The standard InChI is InChI=1S/C51H64N4O2/c1-8-12-16-36-28-46-47(34-20-24-37(56)25-21-34)49-31(5)39(17-13-9-2)44(53-49)30-45-41(19-15-11-4)33(7)51(55-45)48(35-22-26-38(57)27-23-35)50-32(6)40(18-14-10-3)43(54-50)29-42(36)52-46/h20-30,46-48,50,52-53,56-57H,8-19H2,1-7H3/b42-29?,45-30-. The first-order chi connectivity index (χ1) is 27.7. The lowest BCUT2D eigenvalue weighted by Gasteiger charge is -2.25. The molecule has 300 valence electrons. The lowest BCUT2D eigenvalue weighted by Crippen LogP contribution is -2.30. The van der Waals surface area contributed by atoms with Crippen LogP contribution in [-0.4, -0.2) is 38.7 Å². The van der Waals surface area contributed by atoms with Crippen LogP contribution in [0.1, 0.15) is 158 Å². The van der Waals surface area contributed by atoms with Gasteiger partial charge in [-0.1, -0.05) is 83.7 Å². The number of rotatable bonds is 14. The molecule has 0 fully saturated rings. The third kappa shape index (κ3) is 8.15. The molecule has 1 aromatic heterocycles. The molecule has 0 radical (unpaired) electrons. The van der Waals surface area contributed by atoms with Gasteiger partial charge >= 0.3 is 0 Å².